The Morgan fingerprint density at radius 1 is 1.28 bits per heavy atom. The van der Waals surface area contributed by atoms with Gasteiger partial charge in [0.1, 0.15) is 5.60 Å². The van der Waals surface area contributed by atoms with E-state index in [2.05, 4.69) is 15.6 Å². The quantitative estimate of drug-likeness (QED) is 0.544. The van der Waals surface area contributed by atoms with Gasteiger partial charge in [-0.1, -0.05) is 6.07 Å². The molecule has 0 fully saturated rings. The summed E-state index contributed by atoms with van der Waals surface area (Å²) in [6.07, 6.45) is 0. The Morgan fingerprint density at radius 2 is 2.12 bits per heavy atom. The number of nitrogens with zero attached hydrogens (tertiary/aromatic N) is 1. The summed E-state index contributed by atoms with van der Waals surface area (Å²) in [5.41, 5.74) is 0.984. The van der Waals surface area contributed by atoms with E-state index in [1.54, 1.807) is 18.3 Å². The Morgan fingerprint density at radius 3 is 2.88 bits per heavy atom. The molecule has 0 spiro atoms. The van der Waals surface area contributed by atoms with Crippen molar-refractivity contribution in [3.05, 3.63) is 46.2 Å². The van der Waals surface area contributed by atoms with Crippen LogP contribution < -0.4 is 20.1 Å². The SMILES string of the molecule is CCNC(=NCc1ccc2c(c1)OCO2)NCC(C)(O)c1ccsc1. The summed E-state index contributed by atoms with van der Waals surface area (Å²) in [6, 6.07) is 7.75. The summed E-state index contributed by atoms with van der Waals surface area (Å²) < 4.78 is 10.7. The van der Waals surface area contributed by atoms with E-state index in [9.17, 15) is 5.11 Å². The first-order valence-corrected chi connectivity index (χ1v) is 9.18. The van der Waals surface area contributed by atoms with Crippen molar-refractivity contribution in [2.24, 2.45) is 4.99 Å². The van der Waals surface area contributed by atoms with Crippen LogP contribution >= 0.6 is 11.3 Å². The van der Waals surface area contributed by atoms with E-state index in [1.165, 1.54) is 0 Å². The van der Waals surface area contributed by atoms with Gasteiger partial charge in [0.25, 0.3) is 0 Å². The molecule has 1 atom stereocenters. The molecule has 1 aromatic heterocycles. The molecule has 0 bridgehead atoms. The molecule has 2 aromatic rings. The van der Waals surface area contributed by atoms with Gasteiger partial charge in [-0.25, -0.2) is 4.99 Å². The molecule has 3 N–H and O–H groups in total. The summed E-state index contributed by atoms with van der Waals surface area (Å²) >= 11 is 1.57. The zero-order valence-corrected chi connectivity index (χ0v) is 15.2. The highest BCUT2D eigenvalue weighted by molar-refractivity contribution is 7.08. The number of fused-ring (bicyclic) bond motifs is 1. The Labute approximate surface area is 151 Å². The summed E-state index contributed by atoms with van der Waals surface area (Å²) in [6.45, 7) is 5.69. The number of nitrogens with one attached hydrogen (secondary N) is 2. The van der Waals surface area contributed by atoms with Crippen LogP contribution in [0.25, 0.3) is 0 Å². The van der Waals surface area contributed by atoms with Gasteiger partial charge in [0.05, 0.1) is 13.1 Å². The van der Waals surface area contributed by atoms with Crippen LogP contribution in [-0.2, 0) is 12.1 Å². The van der Waals surface area contributed by atoms with Crippen molar-refractivity contribution in [1.29, 1.82) is 0 Å². The van der Waals surface area contributed by atoms with Crippen LogP contribution in [0, 0.1) is 0 Å². The monoisotopic (exact) mass is 361 g/mol. The number of thiophene rings is 1. The lowest BCUT2D eigenvalue weighted by molar-refractivity contribution is 0.0621. The van der Waals surface area contributed by atoms with Crippen LogP contribution in [0.1, 0.15) is 25.0 Å². The van der Waals surface area contributed by atoms with Gasteiger partial charge in [-0.15, -0.1) is 0 Å². The van der Waals surface area contributed by atoms with Gasteiger partial charge in [0.2, 0.25) is 6.79 Å². The van der Waals surface area contributed by atoms with Gasteiger partial charge >= 0.3 is 0 Å². The van der Waals surface area contributed by atoms with Crippen molar-refractivity contribution >= 4 is 17.3 Å². The van der Waals surface area contributed by atoms with E-state index in [0.717, 1.165) is 29.2 Å². The molecule has 7 heteroatoms. The fourth-order valence-corrected chi connectivity index (χ4v) is 3.26. The number of guanidine groups is 1. The second-order valence-electron chi connectivity index (χ2n) is 6.02. The largest absolute Gasteiger partial charge is 0.454 e. The van der Waals surface area contributed by atoms with Gasteiger partial charge in [0.15, 0.2) is 17.5 Å². The molecule has 25 heavy (non-hydrogen) atoms. The molecule has 0 saturated heterocycles. The number of benzene rings is 1. The highest BCUT2D eigenvalue weighted by Crippen LogP contribution is 2.32. The van der Waals surface area contributed by atoms with Crippen LogP contribution in [0.15, 0.2) is 40.0 Å². The highest BCUT2D eigenvalue weighted by atomic mass is 32.1. The summed E-state index contributed by atoms with van der Waals surface area (Å²) in [5, 5.41) is 20.9. The third-order valence-corrected chi connectivity index (χ3v) is 4.63. The standard InChI is InChI=1S/C18H23N3O3S/c1-3-19-17(21-11-18(2,22)14-6-7-25-10-14)20-9-13-4-5-15-16(8-13)24-12-23-15/h4-8,10,22H,3,9,11-12H2,1-2H3,(H2,19,20,21). The Balaban J connectivity index is 1.63. The molecule has 1 unspecified atom stereocenters. The van der Waals surface area contributed by atoms with Gasteiger partial charge in [-0.2, -0.15) is 11.3 Å². The second kappa shape index (κ2) is 7.76. The molecule has 0 amide bonds. The Bertz CT molecular complexity index is 729. The van der Waals surface area contributed by atoms with Crippen molar-refractivity contribution < 1.29 is 14.6 Å². The fraction of sp³-hybridized carbons (Fsp3) is 0.389. The zero-order chi connectivity index (χ0) is 17.7. The molecule has 0 saturated carbocycles. The van der Waals surface area contributed by atoms with Gasteiger partial charge in [-0.3, -0.25) is 0 Å². The smallest absolute Gasteiger partial charge is 0.231 e. The second-order valence-corrected chi connectivity index (χ2v) is 6.80. The first-order valence-electron chi connectivity index (χ1n) is 8.24. The fourth-order valence-electron chi connectivity index (χ4n) is 2.48. The molecule has 6 nitrogen and oxygen atoms in total. The average molecular weight is 361 g/mol. The molecule has 0 radical (unpaired) electrons. The van der Waals surface area contributed by atoms with Crippen LogP contribution in [0.4, 0.5) is 0 Å². The predicted molar refractivity (Wildman–Crippen MR) is 99.3 cm³/mol. The maximum Gasteiger partial charge on any atom is 0.231 e. The van der Waals surface area contributed by atoms with E-state index in [1.807, 2.05) is 41.9 Å². The van der Waals surface area contributed by atoms with Crippen molar-refractivity contribution in [1.82, 2.24) is 10.6 Å². The molecular weight excluding hydrogens is 338 g/mol. The molecule has 1 aliphatic heterocycles. The Kier molecular flexibility index (Phi) is 5.45. The van der Waals surface area contributed by atoms with E-state index in [-0.39, 0.29) is 6.79 Å². The van der Waals surface area contributed by atoms with Crippen molar-refractivity contribution in [3.8, 4) is 11.5 Å². The topological polar surface area (TPSA) is 75.1 Å². The maximum absolute atomic E-state index is 10.6. The maximum atomic E-state index is 10.6. The van der Waals surface area contributed by atoms with E-state index < -0.39 is 5.60 Å². The number of rotatable bonds is 6. The molecule has 1 aromatic carbocycles. The normalized spacial score (nSPS) is 15.7. The summed E-state index contributed by atoms with van der Waals surface area (Å²) in [7, 11) is 0. The first-order chi connectivity index (χ1) is 12.1. The minimum atomic E-state index is -0.949. The number of hydrogen-bond donors (Lipinski definition) is 3. The first kappa shape index (κ1) is 17.6. The average Bonchev–Trinajstić information content (AvgIpc) is 3.28. The Hall–Kier alpha value is -2.25. The van der Waals surface area contributed by atoms with E-state index in [0.29, 0.717) is 19.0 Å². The molecule has 134 valence electrons. The lowest BCUT2D eigenvalue weighted by Crippen LogP contribution is -2.44. The zero-order valence-electron chi connectivity index (χ0n) is 14.4. The number of aliphatic imine (C=N–C) groups is 1. The van der Waals surface area contributed by atoms with Gasteiger partial charge in [0, 0.05) is 6.54 Å². The van der Waals surface area contributed by atoms with E-state index in [4.69, 9.17) is 9.47 Å². The van der Waals surface area contributed by atoms with Crippen LogP contribution in [0.3, 0.4) is 0 Å². The third-order valence-electron chi connectivity index (χ3n) is 3.94. The van der Waals surface area contributed by atoms with Gasteiger partial charge < -0.3 is 25.2 Å². The number of ether oxygens (including phenoxy) is 2. The lowest BCUT2D eigenvalue weighted by atomic mass is 9.99. The molecule has 2 heterocycles. The van der Waals surface area contributed by atoms with Crippen molar-refractivity contribution in [3.63, 3.8) is 0 Å². The summed E-state index contributed by atoms with van der Waals surface area (Å²) in [5.74, 6) is 2.19. The van der Waals surface area contributed by atoms with Crippen LogP contribution in [0.2, 0.25) is 0 Å². The van der Waals surface area contributed by atoms with Crippen LogP contribution in [0.5, 0.6) is 11.5 Å². The predicted octanol–water partition coefficient (Wildman–Crippen LogP) is 2.44. The number of aliphatic hydroxyl groups is 1. The van der Waals surface area contributed by atoms with Gasteiger partial charge in [-0.05, 0) is 53.9 Å². The van der Waals surface area contributed by atoms with Crippen molar-refractivity contribution in [2.75, 3.05) is 19.9 Å². The van der Waals surface area contributed by atoms with Crippen molar-refractivity contribution in [2.45, 2.75) is 26.0 Å². The molecule has 0 aliphatic carbocycles. The van der Waals surface area contributed by atoms with Crippen LogP contribution in [-0.4, -0.2) is 30.9 Å². The molecule has 3 rings (SSSR count). The summed E-state index contributed by atoms with van der Waals surface area (Å²) in [4.78, 5) is 4.58. The molecular formula is C18H23N3O3S. The van der Waals surface area contributed by atoms with E-state index >= 15 is 0 Å². The minimum Gasteiger partial charge on any atom is -0.454 e. The molecule has 1 aliphatic rings. The third kappa shape index (κ3) is 4.43. The lowest BCUT2D eigenvalue weighted by Gasteiger charge is -2.24. The number of hydrogen-bond acceptors (Lipinski definition) is 5. The highest BCUT2D eigenvalue weighted by Gasteiger charge is 2.23. The minimum absolute atomic E-state index is 0.268.